The van der Waals surface area contributed by atoms with Crippen LogP contribution in [0.1, 0.15) is 11.1 Å². The van der Waals surface area contributed by atoms with Crippen LogP contribution < -0.4 is 0 Å². The second kappa shape index (κ2) is 10.2. The Kier molecular flexibility index (Phi) is 7.91. The fourth-order valence-electron chi connectivity index (χ4n) is 2.43. The summed E-state index contributed by atoms with van der Waals surface area (Å²) in [6.07, 6.45) is 2.17. The topological polar surface area (TPSA) is 77.4 Å². The zero-order valence-corrected chi connectivity index (χ0v) is 16.6. The van der Waals surface area contributed by atoms with Gasteiger partial charge in [0.2, 0.25) is 0 Å². The first-order valence-electron chi connectivity index (χ1n) is 8.27. The van der Waals surface area contributed by atoms with Crippen LogP contribution in [0.3, 0.4) is 0 Å². The molecule has 0 aliphatic carbocycles. The zero-order chi connectivity index (χ0) is 19.7. The van der Waals surface area contributed by atoms with E-state index in [1.165, 1.54) is 5.56 Å². The molecule has 0 amide bonds. The van der Waals surface area contributed by atoms with Crippen molar-refractivity contribution in [2.75, 3.05) is 6.26 Å². The molecule has 6 heteroatoms. The van der Waals surface area contributed by atoms with Crippen molar-refractivity contribution < 1.29 is 18.1 Å². The van der Waals surface area contributed by atoms with Crippen LogP contribution in [-0.4, -0.2) is 24.3 Å². The highest BCUT2D eigenvalue weighted by Crippen LogP contribution is 2.25. The molecular weight excluding hydrogens is 380 g/mol. The highest BCUT2D eigenvalue weighted by Gasteiger charge is 2.19. The van der Waals surface area contributed by atoms with Crippen molar-refractivity contribution in [2.24, 2.45) is 0 Å². The summed E-state index contributed by atoms with van der Waals surface area (Å²) in [5.41, 5.74) is 1.85. The molecule has 1 unspecified atom stereocenters. The molecule has 0 aliphatic rings. The van der Waals surface area contributed by atoms with Gasteiger partial charge in [-0.25, -0.2) is 8.42 Å². The van der Waals surface area contributed by atoms with Gasteiger partial charge in [-0.05, 0) is 17.7 Å². The van der Waals surface area contributed by atoms with Crippen molar-refractivity contribution in [1.82, 2.24) is 0 Å². The molecule has 0 heterocycles. The second-order valence-corrected chi connectivity index (χ2v) is 9.33. The molecule has 1 atom stereocenters. The predicted octanol–water partition coefficient (Wildman–Crippen LogP) is 3.93. The van der Waals surface area contributed by atoms with E-state index in [0.29, 0.717) is 11.3 Å². The van der Waals surface area contributed by atoms with Crippen molar-refractivity contribution in [3.05, 3.63) is 96.1 Å². The minimum atomic E-state index is -4.13. The Morgan fingerprint density at radius 3 is 1.81 bits per heavy atom. The zero-order valence-electron chi connectivity index (χ0n) is 15.0. The number of benzene rings is 3. The first kappa shape index (κ1) is 21.0. The van der Waals surface area contributed by atoms with E-state index in [-0.39, 0.29) is 10.9 Å². The molecule has 0 saturated carbocycles. The molecule has 0 fully saturated rings. The van der Waals surface area contributed by atoms with Crippen molar-refractivity contribution >= 4 is 21.0 Å². The number of para-hydroxylation sites is 1. The van der Waals surface area contributed by atoms with Crippen LogP contribution in [0.25, 0.3) is 0 Å². The highest BCUT2D eigenvalue weighted by molar-refractivity contribution is 7.95. The molecule has 1 N–H and O–H groups in total. The number of hydrogen-bond acceptors (Lipinski definition) is 4. The normalized spacial score (nSPS) is 11.9. The van der Waals surface area contributed by atoms with Gasteiger partial charge in [0.15, 0.2) is 10.6 Å². The molecule has 0 aliphatic heterocycles. The quantitative estimate of drug-likeness (QED) is 0.518. The summed E-state index contributed by atoms with van der Waals surface area (Å²) in [4.78, 5) is 1.05. The molecule has 0 aromatic heterocycles. The van der Waals surface area contributed by atoms with Crippen molar-refractivity contribution in [1.29, 1.82) is 0 Å². The smallest absolute Gasteiger partial charge is 0.196 e. The fourth-order valence-corrected chi connectivity index (χ4v) is 4.62. The molecule has 0 spiro atoms. The molecule has 0 saturated heterocycles. The van der Waals surface area contributed by atoms with Gasteiger partial charge in [-0.15, -0.1) is 0 Å². The van der Waals surface area contributed by atoms with Crippen molar-refractivity contribution in [2.45, 2.75) is 16.4 Å². The maximum absolute atomic E-state index is 10.2. The number of aromatic hydroxyl groups is 1. The van der Waals surface area contributed by atoms with Gasteiger partial charge in [-0.1, -0.05) is 72.8 Å². The molecule has 3 aromatic rings. The van der Waals surface area contributed by atoms with Gasteiger partial charge in [-0.3, -0.25) is 0 Å². The van der Waals surface area contributed by atoms with E-state index < -0.39 is 15.9 Å². The molecular formula is C21H22O4S2. The first-order chi connectivity index (χ1) is 12.8. The Morgan fingerprint density at radius 1 is 0.815 bits per heavy atom. The Morgan fingerprint density at radius 2 is 1.30 bits per heavy atom. The third-order valence-corrected chi connectivity index (χ3v) is 6.20. The summed E-state index contributed by atoms with van der Waals surface area (Å²) in [5.74, 6) is 0.968. The van der Waals surface area contributed by atoms with Crippen molar-refractivity contribution in [3.8, 4) is 5.75 Å². The van der Waals surface area contributed by atoms with E-state index >= 15 is 0 Å². The Labute approximate surface area is 163 Å². The van der Waals surface area contributed by atoms with Gasteiger partial charge in [-0.2, -0.15) is 0 Å². The van der Waals surface area contributed by atoms with Gasteiger partial charge in [0.25, 0.3) is 0 Å². The highest BCUT2D eigenvalue weighted by atomic mass is 32.2. The summed E-state index contributed by atoms with van der Waals surface area (Å²) in [6.45, 7) is 0. The lowest BCUT2D eigenvalue weighted by atomic mass is 10.2. The van der Waals surface area contributed by atoms with Crippen LogP contribution >= 0.6 is 0 Å². The monoisotopic (exact) mass is 402 g/mol. The van der Waals surface area contributed by atoms with Gasteiger partial charge >= 0.3 is 0 Å². The second-order valence-electron chi connectivity index (χ2n) is 5.92. The molecule has 4 nitrogen and oxygen atoms in total. The van der Waals surface area contributed by atoms with Crippen LogP contribution in [-0.2, 0) is 32.5 Å². The fraction of sp³-hybridized carbons (Fsp3) is 0.143. The molecule has 0 radical (unpaired) electrons. The molecule has 27 heavy (non-hydrogen) atoms. The van der Waals surface area contributed by atoms with E-state index in [1.807, 2.05) is 24.3 Å². The van der Waals surface area contributed by atoms with Crippen LogP contribution in [0, 0.1) is 0 Å². The molecule has 3 aromatic carbocycles. The van der Waals surface area contributed by atoms with Gasteiger partial charge in [0.05, 0.1) is 15.9 Å². The minimum Gasteiger partial charge on any atom is -0.748 e. The maximum Gasteiger partial charge on any atom is 0.196 e. The minimum absolute atomic E-state index is 0.0540. The Hall–Kier alpha value is -2.28. The number of hydrogen-bond donors (Lipinski definition) is 1. The molecule has 3 rings (SSSR count). The van der Waals surface area contributed by atoms with Crippen LogP contribution in [0.2, 0.25) is 0 Å². The summed E-state index contributed by atoms with van der Waals surface area (Å²) in [7, 11) is -4.07. The van der Waals surface area contributed by atoms with E-state index in [0.717, 1.165) is 10.6 Å². The predicted molar refractivity (Wildman–Crippen MR) is 110 cm³/mol. The number of phenols is 1. The third kappa shape index (κ3) is 7.86. The van der Waals surface area contributed by atoms with E-state index in [1.54, 1.807) is 36.4 Å². The van der Waals surface area contributed by atoms with Crippen LogP contribution in [0.4, 0.5) is 0 Å². The lowest BCUT2D eigenvalue weighted by Gasteiger charge is -2.05. The van der Waals surface area contributed by atoms with Crippen LogP contribution in [0.15, 0.2) is 89.8 Å². The summed E-state index contributed by atoms with van der Waals surface area (Å²) >= 11 is 0. The van der Waals surface area contributed by atoms with Crippen molar-refractivity contribution in [3.63, 3.8) is 0 Å². The number of rotatable bonds is 5. The lowest BCUT2D eigenvalue weighted by Crippen LogP contribution is -2.03. The van der Waals surface area contributed by atoms with E-state index in [2.05, 4.69) is 30.5 Å². The van der Waals surface area contributed by atoms with Crippen LogP contribution in [0.5, 0.6) is 5.75 Å². The molecule has 142 valence electrons. The largest absolute Gasteiger partial charge is 0.748 e. The summed E-state index contributed by atoms with van der Waals surface area (Å²) in [6, 6.07) is 26.3. The van der Waals surface area contributed by atoms with Gasteiger partial charge in [0.1, 0.15) is 12.0 Å². The molecule has 0 bridgehead atoms. The average molecular weight is 403 g/mol. The van der Waals surface area contributed by atoms with E-state index in [9.17, 15) is 18.1 Å². The summed E-state index contributed by atoms with van der Waals surface area (Å²) < 4.78 is 30.7. The maximum atomic E-state index is 10.2. The van der Waals surface area contributed by atoms with Gasteiger partial charge in [0, 0.05) is 16.5 Å². The SMILES string of the molecule is C[S+](Cc1ccccc1)c1ccccc1O.O=S(=O)([O-])Cc1ccccc1. The first-order valence-corrected chi connectivity index (χ1v) is 11.6. The average Bonchev–Trinajstić information content (AvgIpc) is 2.63. The van der Waals surface area contributed by atoms with E-state index in [4.69, 9.17) is 0 Å². The Balaban J connectivity index is 0.000000208. The lowest BCUT2D eigenvalue weighted by molar-refractivity contribution is 0.461. The summed E-state index contributed by atoms with van der Waals surface area (Å²) in [5, 5.41) is 9.77. The number of phenolic OH excluding ortho intramolecular Hbond substituents is 1. The Bertz CT molecular complexity index is 927. The third-order valence-electron chi connectivity index (χ3n) is 3.65. The van der Waals surface area contributed by atoms with Gasteiger partial charge < -0.3 is 9.66 Å². The standard InChI is InChI=1S/C14H14OS.C7H8O3S/c1-16(11-12-7-3-2-4-8-12)14-10-6-5-9-13(14)15;8-11(9,10)6-7-4-2-1-3-5-7/h2-10H,11H2,1H3;1-5H,6H2,(H,8,9,10).